The van der Waals surface area contributed by atoms with Crippen molar-refractivity contribution in [2.45, 2.75) is 27.7 Å². The number of aromatic amines is 1. The summed E-state index contributed by atoms with van der Waals surface area (Å²) in [5, 5.41) is 0. The molecule has 0 amide bonds. The molecular formula is C34H36ClN3O9. The highest BCUT2D eigenvalue weighted by Crippen LogP contribution is 2.25. The number of pyridine rings is 2. The van der Waals surface area contributed by atoms with Crippen LogP contribution in [0.1, 0.15) is 69.1 Å². The number of halogens is 1. The number of nitrogens with two attached hydrogens (primary N) is 1. The fourth-order valence-electron chi connectivity index (χ4n) is 4.22. The minimum Gasteiger partial charge on any atom is -0.462 e. The molecule has 0 spiro atoms. The third-order valence-electron chi connectivity index (χ3n) is 6.18. The van der Waals surface area contributed by atoms with Crippen LogP contribution >= 0.6 is 12.4 Å². The first-order chi connectivity index (χ1) is 22.2. The fourth-order valence-corrected chi connectivity index (χ4v) is 4.22. The molecule has 2 aromatic carbocycles. The second-order valence-corrected chi connectivity index (χ2v) is 9.23. The maximum Gasteiger partial charge on any atom is 0.344 e. The molecule has 12 nitrogen and oxygen atoms in total. The number of ether oxygens (including phenoxy) is 4. The fraction of sp³-hybridized carbons (Fsp3) is 0.235. The number of anilines is 1. The lowest BCUT2D eigenvalue weighted by atomic mass is 10.0. The van der Waals surface area contributed by atoms with Gasteiger partial charge in [0.1, 0.15) is 16.9 Å². The maximum absolute atomic E-state index is 12.3. The average Bonchev–Trinajstić information content (AvgIpc) is 3.05. The number of carbonyl (C=O) groups is 4. The second-order valence-electron chi connectivity index (χ2n) is 9.23. The number of nitrogens with one attached hydrogen (secondary N) is 1. The van der Waals surface area contributed by atoms with Crippen LogP contribution in [0.2, 0.25) is 0 Å². The summed E-state index contributed by atoms with van der Waals surface area (Å²) in [6.45, 7) is 7.21. The topological polar surface area (TPSA) is 177 Å². The summed E-state index contributed by atoms with van der Waals surface area (Å²) in [4.78, 5) is 67.5. The van der Waals surface area contributed by atoms with Crippen molar-refractivity contribution in [1.29, 1.82) is 0 Å². The van der Waals surface area contributed by atoms with Crippen LogP contribution in [0.25, 0.3) is 22.5 Å². The molecule has 0 saturated carbocycles. The van der Waals surface area contributed by atoms with Gasteiger partial charge in [0.25, 0.3) is 5.56 Å². The van der Waals surface area contributed by atoms with Gasteiger partial charge in [-0.25, -0.2) is 24.2 Å². The van der Waals surface area contributed by atoms with Gasteiger partial charge < -0.3 is 29.7 Å². The third kappa shape index (κ3) is 9.75. The molecule has 0 atom stereocenters. The van der Waals surface area contributed by atoms with Gasteiger partial charge in [0.15, 0.2) is 0 Å². The number of nitrogens with zero attached hydrogens (tertiary/aromatic N) is 1. The summed E-state index contributed by atoms with van der Waals surface area (Å²) < 4.78 is 19.8. The number of aromatic nitrogens is 2. The Hall–Kier alpha value is -5.49. The van der Waals surface area contributed by atoms with E-state index >= 15 is 0 Å². The minimum absolute atomic E-state index is 0. The quantitative estimate of drug-likeness (QED) is 0.161. The van der Waals surface area contributed by atoms with Crippen LogP contribution in [0.5, 0.6) is 0 Å². The number of esters is 4. The van der Waals surface area contributed by atoms with Gasteiger partial charge in [0, 0.05) is 11.3 Å². The molecule has 0 radical (unpaired) electrons. The van der Waals surface area contributed by atoms with Gasteiger partial charge in [-0.05, 0) is 45.4 Å². The Morgan fingerprint density at radius 3 is 1.55 bits per heavy atom. The van der Waals surface area contributed by atoms with Crippen molar-refractivity contribution in [3.63, 3.8) is 0 Å². The average molecular weight is 666 g/mol. The number of nitrogen functional groups attached to an aromatic ring is 1. The summed E-state index contributed by atoms with van der Waals surface area (Å²) in [6.07, 6.45) is 0. The molecule has 0 saturated heterocycles. The molecular weight excluding hydrogens is 630 g/mol. The zero-order chi connectivity index (χ0) is 33.6. The summed E-state index contributed by atoms with van der Waals surface area (Å²) in [5.41, 5.74) is 7.16. The van der Waals surface area contributed by atoms with Gasteiger partial charge in [-0.1, -0.05) is 60.7 Å². The molecule has 0 fully saturated rings. The van der Waals surface area contributed by atoms with Crippen molar-refractivity contribution in [3.8, 4) is 22.5 Å². The van der Waals surface area contributed by atoms with Crippen LogP contribution < -0.4 is 11.3 Å². The van der Waals surface area contributed by atoms with Crippen molar-refractivity contribution < 1.29 is 38.1 Å². The monoisotopic (exact) mass is 665 g/mol. The van der Waals surface area contributed by atoms with E-state index in [0.717, 1.165) is 5.56 Å². The van der Waals surface area contributed by atoms with Crippen molar-refractivity contribution in [2.24, 2.45) is 0 Å². The van der Waals surface area contributed by atoms with E-state index in [1.165, 1.54) is 12.1 Å². The molecule has 0 aliphatic rings. The van der Waals surface area contributed by atoms with Gasteiger partial charge in [-0.3, -0.25) is 4.79 Å². The zero-order valence-electron chi connectivity index (χ0n) is 26.4. The third-order valence-corrected chi connectivity index (χ3v) is 6.18. The number of hydrogen-bond donors (Lipinski definition) is 2. The van der Waals surface area contributed by atoms with Crippen molar-refractivity contribution in [3.05, 3.63) is 105 Å². The Balaban J connectivity index is 0.000000320. The minimum atomic E-state index is -0.851. The van der Waals surface area contributed by atoms with E-state index in [2.05, 4.69) is 9.97 Å². The molecule has 2 heterocycles. The Labute approximate surface area is 277 Å². The second kappa shape index (κ2) is 18.5. The van der Waals surface area contributed by atoms with E-state index in [4.69, 9.17) is 24.7 Å². The van der Waals surface area contributed by atoms with E-state index in [1.807, 2.05) is 36.4 Å². The van der Waals surface area contributed by atoms with Gasteiger partial charge in [-0.2, -0.15) is 0 Å². The predicted octanol–water partition coefficient (Wildman–Crippen LogP) is 5.50. The van der Waals surface area contributed by atoms with Crippen molar-refractivity contribution in [2.75, 3.05) is 32.2 Å². The summed E-state index contributed by atoms with van der Waals surface area (Å²) in [5.74, 6) is -2.98. The van der Waals surface area contributed by atoms with E-state index in [0.29, 0.717) is 17.0 Å². The van der Waals surface area contributed by atoms with E-state index < -0.39 is 29.4 Å². The normalized spacial score (nSPS) is 9.96. The van der Waals surface area contributed by atoms with Gasteiger partial charge in [0.05, 0.1) is 43.2 Å². The number of benzene rings is 2. The van der Waals surface area contributed by atoms with Crippen LogP contribution in [-0.4, -0.2) is 60.3 Å². The lowest BCUT2D eigenvalue weighted by Gasteiger charge is -2.12. The molecule has 13 heteroatoms. The highest BCUT2D eigenvalue weighted by molar-refractivity contribution is 6.07. The molecule has 4 rings (SSSR count). The first kappa shape index (κ1) is 37.7. The summed E-state index contributed by atoms with van der Waals surface area (Å²) in [6, 6.07) is 21.2. The molecule has 0 aliphatic heterocycles. The number of carbonyl (C=O) groups excluding carboxylic acids is 4. The number of hydrogen-bond acceptors (Lipinski definition) is 11. The van der Waals surface area contributed by atoms with Crippen LogP contribution in [0.4, 0.5) is 5.82 Å². The van der Waals surface area contributed by atoms with E-state index in [1.54, 1.807) is 52.0 Å². The Morgan fingerprint density at radius 2 is 1.06 bits per heavy atom. The van der Waals surface area contributed by atoms with Crippen molar-refractivity contribution >= 4 is 42.1 Å². The van der Waals surface area contributed by atoms with Gasteiger partial charge in [0.2, 0.25) is 0 Å². The van der Waals surface area contributed by atoms with Crippen LogP contribution in [0.3, 0.4) is 0 Å². The predicted molar refractivity (Wildman–Crippen MR) is 178 cm³/mol. The van der Waals surface area contributed by atoms with E-state index in [9.17, 15) is 24.0 Å². The standard InChI is InChI=1S/C17H18N2O4.C17H17NO5.ClH/c1-3-22-16(20)12-10-13(11-8-6-5-7-9-11)19-15(18)14(12)17(21)23-4-2;1-3-22-16(20)12-10-13(11-8-6-5-7-9-11)18-15(19)14(12)17(21)23-4-2;/h5-10H,3-4H2,1-2H3,(H2,18,19);5-10H,3-4H2,1-2H3,(H,18,19);1H. The molecule has 47 heavy (non-hydrogen) atoms. The molecule has 0 aliphatic carbocycles. The zero-order valence-corrected chi connectivity index (χ0v) is 27.2. The molecule has 2 aromatic heterocycles. The first-order valence-electron chi connectivity index (χ1n) is 14.5. The highest BCUT2D eigenvalue weighted by Gasteiger charge is 2.26. The Morgan fingerprint density at radius 1 is 0.638 bits per heavy atom. The molecule has 0 bridgehead atoms. The lowest BCUT2D eigenvalue weighted by Crippen LogP contribution is -2.25. The summed E-state index contributed by atoms with van der Waals surface area (Å²) in [7, 11) is 0. The molecule has 248 valence electrons. The Kier molecular flexibility index (Phi) is 14.8. The summed E-state index contributed by atoms with van der Waals surface area (Å²) >= 11 is 0. The number of H-pyrrole nitrogens is 1. The van der Waals surface area contributed by atoms with Crippen LogP contribution in [-0.2, 0) is 18.9 Å². The van der Waals surface area contributed by atoms with Crippen molar-refractivity contribution in [1.82, 2.24) is 9.97 Å². The molecule has 4 aromatic rings. The Bertz CT molecular complexity index is 1740. The highest BCUT2D eigenvalue weighted by atomic mass is 35.5. The lowest BCUT2D eigenvalue weighted by molar-refractivity contribution is 0.0477. The maximum atomic E-state index is 12.3. The smallest absolute Gasteiger partial charge is 0.344 e. The number of rotatable bonds is 10. The van der Waals surface area contributed by atoms with E-state index in [-0.39, 0.29) is 66.9 Å². The van der Waals surface area contributed by atoms with Crippen LogP contribution in [0, 0.1) is 0 Å². The molecule has 3 N–H and O–H groups in total. The first-order valence-corrected chi connectivity index (χ1v) is 14.5. The largest absolute Gasteiger partial charge is 0.462 e. The van der Waals surface area contributed by atoms with Crippen LogP contribution in [0.15, 0.2) is 77.6 Å². The van der Waals surface area contributed by atoms with Gasteiger partial charge in [-0.15, -0.1) is 12.4 Å². The SMILES string of the molecule is CCOC(=O)c1cc(-c2ccccc2)[nH]c(=O)c1C(=O)OCC.CCOC(=O)c1cc(-c2ccccc2)nc(N)c1C(=O)OCC.Cl. The molecule has 0 unspecified atom stereocenters. The van der Waals surface area contributed by atoms with Gasteiger partial charge >= 0.3 is 23.9 Å².